The number of hydrogen-bond acceptors (Lipinski definition) is 3. The lowest BCUT2D eigenvalue weighted by molar-refractivity contribution is 0.126. The van der Waals surface area contributed by atoms with Gasteiger partial charge in [0, 0.05) is 24.5 Å². The first-order valence-corrected chi connectivity index (χ1v) is 7.84. The van der Waals surface area contributed by atoms with Crippen LogP contribution in [0, 0.1) is 0 Å². The second-order valence-electron chi connectivity index (χ2n) is 4.16. The highest BCUT2D eigenvalue weighted by Gasteiger charge is 2.33. The SMILES string of the molecule is O=S(=O)(CC1CCCO1)N1CCC(Br)C1. The molecule has 0 radical (unpaired) electrons. The van der Waals surface area contributed by atoms with Crippen molar-refractivity contribution < 1.29 is 13.2 Å². The molecule has 6 heteroatoms. The third-order valence-corrected chi connectivity index (χ3v) is 5.57. The van der Waals surface area contributed by atoms with Crippen LogP contribution in [0.3, 0.4) is 0 Å². The van der Waals surface area contributed by atoms with Crippen molar-refractivity contribution in [2.45, 2.75) is 30.2 Å². The molecule has 2 saturated heterocycles. The number of sulfonamides is 1. The van der Waals surface area contributed by atoms with Crippen LogP contribution in [0.2, 0.25) is 0 Å². The molecular weight excluding hydrogens is 282 g/mol. The highest BCUT2D eigenvalue weighted by molar-refractivity contribution is 9.09. The van der Waals surface area contributed by atoms with Crippen LogP contribution < -0.4 is 0 Å². The topological polar surface area (TPSA) is 46.6 Å². The molecule has 2 aliphatic heterocycles. The standard InChI is InChI=1S/C9H16BrNO3S/c10-8-3-4-11(6-8)15(12,13)7-9-2-1-5-14-9/h8-9H,1-7H2. The smallest absolute Gasteiger partial charge is 0.216 e. The summed E-state index contributed by atoms with van der Waals surface area (Å²) in [5, 5.41) is 0. The van der Waals surface area contributed by atoms with Gasteiger partial charge in [-0.1, -0.05) is 15.9 Å². The van der Waals surface area contributed by atoms with Gasteiger partial charge < -0.3 is 4.74 Å². The third-order valence-electron chi connectivity index (χ3n) is 2.91. The maximum absolute atomic E-state index is 12.0. The van der Waals surface area contributed by atoms with E-state index in [0.29, 0.717) is 24.5 Å². The van der Waals surface area contributed by atoms with E-state index >= 15 is 0 Å². The maximum atomic E-state index is 12.0. The maximum Gasteiger partial charge on any atom is 0.216 e. The Labute approximate surface area is 99.1 Å². The van der Waals surface area contributed by atoms with Gasteiger partial charge in [-0.25, -0.2) is 12.7 Å². The van der Waals surface area contributed by atoms with Crippen molar-refractivity contribution in [1.29, 1.82) is 0 Å². The van der Waals surface area contributed by atoms with Crippen molar-refractivity contribution in [2.24, 2.45) is 0 Å². The highest BCUT2D eigenvalue weighted by Crippen LogP contribution is 2.22. The Hall–Kier alpha value is 0.350. The van der Waals surface area contributed by atoms with Crippen molar-refractivity contribution >= 4 is 26.0 Å². The van der Waals surface area contributed by atoms with Crippen molar-refractivity contribution in [2.75, 3.05) is 25.4 Å². The number of halogens is 1. The summed E-state index contributed by atoms with van der Waals surface area (Å²) in [6, 6.07) is 0. The molecular formula is C9H16BrNO3S. The molecule has 2 aliphatic rings. The average Bonchev–Trinajstić information content (AvgIpc) is 2.75. The van der Waals surface area contributed by atoms with Crippen LogP contribution in [-0.4, -0.2) is 49.1 Å². The molecule has 0 aromatic carbocycles. The van der Waals surface area contributed by atoms with Gasteiger partial charge in [0.05, 0.1) is 11.9 Å². The Morgan fingerprint density at radius 1 is 1.40 bits per heavy atom. The molecule has 2 unspecified atom stereocenters. The minimum atomic E-state index is -3.10. The molecule has 2 heterocycles. The molecule has 2 fully saturated rings. The number of ether oxygens (including phenoxy) is 1. The Kier molecular flexibility index (Phi) is 3.70. The van der Waals surface area contributed by atoms with E-state index in [4.69, 9.17) is 4.74 Å². The predicted molar refractivity (Wildman–Crippen MR) is 61.7 cm³/mol. The summed E-state index contributed by atoms with van der Waals surface area (Å²) in [5.41, 5.74) is 0. The first-order valence-electron chi connectivity index (χ1n) is 5.31. The Bertz CT molecular complexity index is 313. The van der Waals surface area contributed by atoms with E-state index in [9.17, 15) is 8.42 Å². The quantitative estimate of drug-likeness (QED) is 0.729. The summed E-state index contributed by atoms with van der Waals surface area (Å²) in [7, 11) is -3.10. The zero-order chi connectivity index (χ0) is 10.9. The number of nitrogens with zero attached hydrogens (tertiary/aromatic N) is 1. The van der Waals surface area contributed by atoms with Gasteiger partial charge in [0.1, 0.15) is 0 Å². The Morgan fingerprint density at radius 2 is 2.20 bits per heavy atom. The normalized spacial score (nSPS) is 33.7. The van der Waals surface area contributed by atoms with Crippen molar-refractivity contribution in [3.05, 3.63) is 0 Å². The molecule has 0 amide bonds. The predicted octanol–water partition coefficient (Wildman–Crippen LogP) is 0.964. The number of hydrogen-bond donors (Lipinski definition) is 0. The first-order chi connectivity index (χ1) is 7.08. The molecule has 15 heavy (non-hydrogen) atoms. The summed E-state index contributed by atoms with van der Waals surface area (Å²) < 4.78 is 30.9. The molecule has 88 valence electrons. The lowest BCUT2D eigenvalue weighted by atomic mass is 10.3. The fraction of sp³-hybridized carbons (Fsp3) is 1.00. The fourth-order valence-corrected chi connectivity index (χ4v) is 4.54. The third kappa shape index (κ3) is 2.93. The number of rotatable bonds is 3. The molecule has 0 aromatic rings. The van der Waals surface area contributed by atoms with E-state index in [1.165, 1.54) is 0 Å². The average molecular weight is 298 g/mol. The zero-order valence-electron chi connectivity index (χ0n) is 8.56. The highest BCUT2D eigenvalue weighted by atomic mass is 79.9. The molecule has 0 N–H and O–H groups in total. The molecule has 0 bridgehead atoms. The van der Waals surface area contributed by atoms with Crippen molar-refractivity contribution in [3.8, 4) is 0 Å². The lowest BCUT2D eigenvalue weighted by Gasteiger charge is -2.18. The fourth-order valence-electron chi connectivity index (χ4n) is 2.06. The van der Waals surface area contributed by atoms with Gasteiger partial charge in [0.25, 0.3) is 0 Å². The second kappa shape index (κ2) is 4.69. The van der Waals surface area contributed by atoms with Crippen LogP contribution in [0.15, 0.2) is 0 Å². The van der Waals surface area contributed by atoms with Crippen LogP contribution in [0.4, 0.5) is 0 Å². The van der Waals surface area contributed by atoms with E-state index in [1.54, 1.807) is 4.31 Å². The van der Waals surface area contributed by atoms with E-state index in [-0.39, 0.29) is 11.9 Å². The summed E-state index contributed by atoms with van der Waals surface area (Å²) in [6.07, 6.45) is 2.70. The van der Waals surface area contributed by atoms with Crippen molar-refractivity contribution in [3.63, 3.8) is 0 Å². The Balaban J connectivity index is 1.94. The van der Waals surface area contributed by atoms with Crippen molar-refractivity contribution in [1.82, 2.24) is 4.31 Å². The summed E-state index contributed by atoms with van der Waals surface area (Å²) in [4.78, 5) is 0.316. The van der Waals surface area contributed by atoms with Gasteiger partial charge in [-0.3, -0.25) is 0 Å². The molecule has 2 rings (SSSR count). The Morgan fingerprint density at radius 3 is 2.73 bits per heavy atom. The zero-order valence-corrected chi connectivity index (χ0v) is 11.0. The van der Waals surface area contributed by atoms with Crippen LogP contribution >= 0.6 is 15.9 Å². The summed E-state index contributed by atoms with van der Waals surface area (Å²) >= 11 is 3.45. The van der Waals surface area contributed by atoms with Gasteiger partial charge in [-0.2, -0.15) is 0 Å². The van der Waals surface area contributed by atoms with Crippen LogP contribution in [0.5, 0.6) is 0 Å². The van der Waals surface area contributed by atoms with E-state index in [0.717, 1.165) is 19.3 Å². The van der Waals surface area contributed by atoms with E-state index in [1.807, 2.05) is 0 Å². The minimum Gasteiger partial charge on any atom is -0.377 e. The lowest BCUT2D eigenvalue weighted by Crippen LogP contribution is -2.35. The van der Waals surface area contributed by atoms with Gasteiger partial charge in [0.15, 0.2) is 0 Å². The molecule has 2 atom stereocenters. The molecule has 4 nitrogen and oxygen atoms in total. The van der Waals surface area contributed by atoms with E-state index < -0.39 is 10.0 Å². The van der Waals surface area contributed by atoms with Gasteiger partial charge in [0.2, 0.25) is 10.0 Å². The molecule has 0 aliphatic carbocycles. The van der Waals surface area contributed by atoms with Crippen LogP contribution in [-0.2, 0) is 14.8 Å². The summed E-state index contributed by atoms with van der Waals surface area (Å²) in [5.74, 6) is 0.159. The van der Waals surface area contributed by atoms with Gasteiger partial charge in [-0.15, -0.1) is 0 Å². The van der Waals surface area contributed by atoms with Gasteiger partial charge in [-0.05, 0) is 19.3 Å². The second-order valence-corrected chi connectivity index (χ2v) is 7.47. The van der Waals surface area contributed by atoms with Crippen LogP contribution in [0.1, 0.15) is 19.3 Å². The minimum absolute atomic E-state index is 0.0793. The van der Waals surface area contributed by atoms with E-state index in [2.05, 4.69) is 15.9 Å². The van der Waals surface area contributed by atoms with Crippen LogP contribution in [0.25, 0.3) is 0 Å². The largest absolute Gasteiger partial charge is 0.377 e. The monoisotopic (exact) mass is 297 g/mol. The summed E-state index contributed by atoms with van der Waals surface area (Å²) in [6.45, 7) is 1.96. The molecule has 0 spiro atoms. The molecule has 0 aromatic heterocycles. The van der Waals surface area contributed by atoms with Gasteiger partial charge >= 0.3 is 0 Å². The first kappa shape index (κ1) is 11.8. The number of alkyl halides is 1. The molecule has 0 saturated carbocycles.